The molecule has 2 rings (SSSR count). The van der Waals surface area contributed by atoms with Crippen LogP contribution in [0.25, 0.3) is 0 Å². The fourth-order valence-electron chi connectivity index (χ4n) is 2.34. The number of carbonyl (C=O) groups is 1. The van der Waals surface area contributed by atoms with E-state index in [-0.39, 0.29) is 5.97 Å². The summed E-state index contributed by atoms with van der Waals surface area (Å²) < 4.78 is 6.93. The third-order valence-electron chi connectivity index (χ3n) is 3.27. The van der Waals surface area contributed by atoms with Crippen LogP contribution >= 0.6 is 0 Å². The van der Waals surface area contributed by atoms with Crippen LogP contribution in [0.3, 0.4) is 0 Å². The molecule has 0 aliphatic carbocycles. The summed E-state index contributed by atoms with van der Waals surface area (Å²) >= 11 is 0. The Balaban J connectivity index is 2.36. The van der Waals surface area contributed by atoms with Crippen LogP contribution in [0.5, 0.6) is 0 Å². The molecule has 1 aromatic carbocycles. The van der Waals surface area contributed by atoms with Gasteiger partial charge in [0, 0.05) is 12.2 Å². The molecule has 0 amide bonds. The highest BCUT2D eigenvalue weighted by Crippen LogP contribution is 2.17. The van der Waals surface area contributed by atoms with Crippen LogP contribution < -0.4 is 0 Å². The fraction of sp³-hybridized carbons (Fsp3) is 0.353. The summed E-state index contributed by atoms with van der Waals surface area (Å²) in [4.78, 5) is 11.9. The first-order valence-corrected chi connectivity index (χ1v) is 6.92. The lowest BCUT2D eigenvalue weighted by atomic mass is 10.1. The molecule has 3 nitrogen and oxygen atoms in total. The van der Waals surface area contributed by atoms with Crippen molar-refractivity contribution in [1.82, 2.24) is 4.57 Å². The summed E-state index contributed by atoms with van der Waals surface area (Å²) in [6, 6.07) is 14.0. The maximum atomic E-state index is 11.9. The van der Waals surface area contributed by atoms with Gasteiger partial charge in [-0.1, -0.05) is 44.2 Å². The van der Waals surface area contributed by atoms with Crippen molar-refractivity contribution in [3.8, 4) is 0 Å². The molecule has 0 atom stereocenters. The number of ether oxygens (including phenoxy) is 1. The van der Waals surface area contributed by atoms with E-state index in [2.05, 4.69) is 30.5 Å². The van der Waals surface area contributed by atoms with Crippen molar-refractivity contribution in [2.75, 3.05) is 7.11 Å². The topological polar surface area (TPSA) is 31.2 Å². The molecule has 1 heterocycles. The summed E-state index contributed by atoms with van der Waals surface area (Å²) in [7, 11) is 1.42. The first-order valence-electron chi connectivity index (χ1n) is 6.92. The molecule has 0 spiro atoms. The van der Waals surface area contributed by atoms with Gasteiger partial charge in [-0.25, -0.2) is 4.79 Å². The Morgan fingerprint density at radius 1 is 1.15 bits per heavy atom. The average molecular weight is 271 g/mol. The zero-order valence-corrected chi connectivity index (χ0v) is 12.3. The number of aromatic nitrogens is 1. The number of hydrogen-bond donors (Lipinski definition) is 0. The quantitative estimate of drug-likeness (QED) is 0.779. The Bertz CT molecular complexity index is 570. The van der Waals surface area contributed by atoms with E-state index in [0.717, 1.165) is 6.42 Å². The van der Waals surface area contributed by atoms with Crippen LogP contribution in [0, 0.1) is 5.92 Å². The normalized spacial score (nSPS) is 10.8. The Labute approximate surface area is 120 Å². The first kappa shape index (κ1) is 14.4. The standard InChI is InChI=1S/C17H21NO2/c1-13(2)11-15-9-10-16(17(19)20-3)18(15)12-14-7-5-4-6-8-14/h4-10,13H,11-12H2,1-3H3. The van der Waals surface area contributed by atoms with E-state index in [0.29, 0.717) is 18.2 Å². The second-order valence-electron chi connectivity index (χ2n) is 5.37. The lowest BCUT2D eigenvalue weighted by Crippen LogP contribution is -2.14. The summed E-state index contributed by atoms with van der Waals surface area (Å²) in [6.07, 6.45) is 0.948. The minimum atomic E-state index is -0.282. The molecule has 1 aromatic heterocycles. The van der Waals surface area contributed by atoms with E-state index in [1.807, 2.05) is 30.3 Å². The van der Waals surface area contributed by atoms with Gasteiger partial charge < -0.3 is 9.30 Å². The second-order valence-corrected chi connectivity index (χ2v) is 5.37. The molecule has 2 aromatic rings. The number of esters is 1. The van der Waals surface area contributed by atoms with E-state index in [9.17, 15) is 4.79 Å². The van der Waals surface area contributed by atoms with Crippen LogP contribution in [-0.2, 0) is 17.7 Å². The lowest BCUT2D eigenvalue weighted by Gasteiger charge is -2.14. The van der Waals surface area contributed by atoms with Crippen LogP contribution in [-0.4, -0.2) is 17.6 Å². The summed E-state index contributed by atoms with van der Waals surface area (Å²) in [5.41, 5.74) is 2.97. The minimum absolute atomic E-state index is 0.282. The second kappa shape index (κ2) is 6.42. The van der Waals surface area contributed by atoms with Gasteiger partial charge in [-0.3, -0.25) is 0 Å². The predicted octanol–water partition coefficient (Wildman–Crippen LogP) is 3.52. The molecule has 0 radical (unpaired) electrons. The predicted molar refractivity (Wildman–Crippen MR) is 79.9 cm³/mol. The molecule has 3 heteroatoms. The Morgan fingerprint density at radius 3 is 2.45 bits per heavy atom. The monoisotopic (exact) mass is 271 g/mol. The zero-order valence-electron chi connectivity index (χ0n) is 12.3. The maximum absolute atomic E-state index is 11.9. The molecule has 0 bridgehead atoms. The van der Waals surface area contributed by atoms with E-state index >= 15 is 0 Å². The van der Waals surface area contributed by atoms with Gasteiger partial charge in [0.05, 0.1) is 7.11 Å². The number of carbonyl (C=O) groups excluding carboxylic acids is 1. The molecular weight excluding hydrogens is 250 g/mol. The molecule has 0 saturated heterocycles. The molecule has 0 aliphatic heterocycles. The summed E-state index contributed by atoms with van der Waals surface area (Å²) in [5, 5.41) is 0. The Kier molecular flexibility index (Phi) is 4.61. The highest BCUT2D eigenvalue weighted by atomic mass is 16.5. The van der Waals surface area contributed by atoms with Crippen LogP contribution in [0.4, 0.5) is 0 Å². The summed E-state index contributed by atoms with van der Waals surface area (Å²) in [5.74, 6) is 0.265. The van der Waals surface area contributed by atoms with Gasteiger partial charge in [-0.15, -0.1) is 0 Å². The fourth-order valence-corrected chi connectivity index (χ4v) is 2.34. The van der Waals surface area contributed by atoms with E-state index < -0.39 is 0 Å². The maximum Gasteiger partial charge on any atom is 0.354 e. The van der Waals surface area contributed by atoms with Crippen molar-refractivity contribution in [3.63, 3.8) is 0 Å². The van der Waals surface area contributed by atoms with Gasteiger partial charge in [-0.2, -0.15) is 0 Å². The van der Waals surface area contributed by atoms with Gasteiger partial charge in [-0.05, 0) is 30.0 Å². The van der Waals surface area contributed by atoms with Crippen LogP contribution in [0.1, 0.15) is 35.6 Å². The smallest absolute Gasteiger partial charge is 0.354 e. The third kappa shape index (κ3) is 3.29. The van der Waals surface area contributed by atoms with Gasteiger partial charge in [0.25, 0.3) is 0 Å². The van der Waals surface area contributed by atoms with Crippen molar-refractivity contribution in [3.05, 3.63) is 59.4 Å². The van der Waals surface area contributed by atoms with E-state index in [1.54, 1.807) is 0 Å². The molecule has 0 unspecified atom stereocenters. The van der Waals surface area contributed by atoms with E-state index in [1.165, 1.54) is 18.4 Å². The average Bonchev–Trinajstić information content (AvgIpc) is 2.81. The van der Waals surface area contributed by atoms with Crippen molar-refractivity contribution in [2.24, 2.45) is 5.92 Å². The highest BCUT2D eigenvalue weighted by Gasteiger charge is 2.16. The van der Waals surface area contributed by atoms with Gasteiger partial charge in [0.15, 0.2) is 0 Å². The molecule has 0 aliphatic rings. The summed E-state index contributed by atoms with van der Waals surface area (Å²) in [6.45, 7) is 5.05. The highest BCUT2D eigenvalue weighted by molar-refractivity contribution is 5.87. The van der Waals surface area contributed by atoms with Crippen LogP contribution in [0.2, 0.25) is 0 Å². The molecule has 0 N–H and O–H groups in total. The lowest BCUT2D eigenvalue weighted by molar-refractivity contribution is 0.0588. The van der Waals surface area contributed by atoms with Crippen molar-refractivity contribution >= 4 is 5.97 Å². The molecule has 106 valence electrons. The number of hydrogen-bond acceptors (Lipinski definition) is 2. The zero-order chi connectivity index (χ0) is 14.5. The van der Waals surface area contributed by atoms with Gasteiger partial charge in [0.2, 0.25) is 0 Å². The molecule has 0 saturated carbocycles. The largest absolute Gasteiger partial charge is 0.464 e. The third-order valence-corrected chi connectivity index (χ3v) is 3.27. The first-order chi connectivity index (χ1) is 9.61. The Hall–Kier alpha value is -2.03. The van der Waals surface area contributed by atoms with Crippen molar-refractivity contribution in [2.45, 2.75) is 26.8 Å². The number of benzene rings is 1. The van der Waals surface area contributed by atoms with Gasteiger partial charge in [0.1, 0.15) is 5.69 Å². The van der Waals surface area contributed by atoms with Crippen molar-refractivity contribution in [1.29, 1.82) is 0 Å². The SMILES string of the molecule is COC(=O)c1ccc(CC(C)C)n1Cc1ccccc1. The number of rotatable bonds is 5. The number of methoxy groups -OCH3 is 1. The van der Waals surface area contributed by atoms with Gasteiger partial charge >= 0.3 is 5.97 Å². The van der Waals surface area contributed by atoms with E-state index in [4.69, 9.17) is 4.74 Å². The molecule has 20 heavy (non-hydrogen) atoms. The molecule has 0 fully saturated rings. The molecular formula is C17H21NO2. The van der Waals surface area contributed by atoms with Crippen molar-refractivity contribution < 1.29 is 9.53 Å². The Morgan fingerprint density at radius 2 is 1.85 bits per heavy atom. The number of nitrogens with zero attached hydrogens (tertiary/aromatic N) is 1. The minimum Gasteiger partial charge on any atom is -0.464 e. The van der Waals surface area contributed by atoms with Crippen LogP contribution in [0.15, 0.2) is 42.5 Å².